The molecule has 4 rings (SSSR count). The average molecular weight is 501 g/mol. The van der Waals surface area contributed by atoms with E-state index in [0.29, 0.717) is 16.3 Å². The smallest absolute Gasteiger partial charge is 0.339 e. The van der Waals surface area contributed by atoms with Crippen LogP contribution in [0.5, 0.6) is 0 Å². The van der Waals surface area contributed by atoms with Crippen molar-refractivity contribution in [3.8, 4) is 0 Å². The van der Waals surface area contributed by atoms with Crippen molar-refractivity contribution in [2.75, 3.05) is 10.6 Å². The third-order valence-corrected chi connectivity index (χ3v) is 7.18. The number of para-hydroxylation sites is 2. The number of aromatic carboxylic acids is 2. The lowest BCUT2D eigenvalue weighted by Crippen LogP contribution is -2.15. The number of nitrogens with one attached hydrogen (secondary N) is 2. The van der Waals surface area contributed by atoms with Crippen molar-refractivity contribution >= 4 is 45.5 Å². The second kappa shape index (κ2) is 10.5. The molecule has 4 aromatic carbocycles. The number of anilines is 4. The molecule has 0 aliphatic carbocycles. The van der Waals surface area contributed by atoms with E-state index in [1.54, 1.807) is 54.6 Å². The molecule has 182 valence electrons. The highest BCUT2D eigenvalue weighted by molar-refractivity contribution is 7.85. The molecule has 4 aromatic rings. The highest BCUT2D eigenvalue weighted by Gasteiger charge is 2.30. The number of rotatable bonds is 8. The van der Waals surface area contributed by atoms with Crippen LogP contribution < -0.4 is 10.6 Å². The number of carboxylic acid groups (broad SMARTS) is 2. The first kappa shape index (κ1) is 24.7. The standard InChI is InChI=1S/C28H24N2O5S/c1-17-10-6-8-14-21(17)29-23-16-20(27(31)32)26(36(35)19-12-4-3-5-13-19)25(24(23)28(33)34)30-22-15-9-7-11-18(22)2/h3-16,29-30H,1-2H3,(H,31,32)(H,33,34). The maximum absolute atomic E-state index is 13.8. The number of carboxylic acids is 2. The fourth-order valence-electron chi connectivity index (χ4n) is 3.82. The number of carbonyl (C=O) groups is 2. The summed E-state index contributed by atoms with van der Waals surface area (Å²) in [6, 6.07) is 24.0. The van der Waals surface area contributed by atoms with Gasteiger partial charge in [-0.2, -0.15) is 0 Å². The van der Waals surface area contributed by atoms with Gasteiger partial charge in [0.25, 0.3) is 0 Å². The van der Waals surface area contributed by atoms with Crippen molar-refractivity contribution in [2.45, 2.75) is 23.6 Å². The van der Waals surface area contributed by atoms with Crippen LogP contribution in [-0.2, 0) is 10.8 Å². The van der Waals surface area contributed by atoms with Crippen molar-refractivity contribution in [2.24, 2.45) is 0 Å². The van der Waals surface area contributed by atoms with Gasteiger partial charge >= 0.3 is 11.9 Å². The number of aryl methyl sites for hydroxylation is 2. The minimum atomic E-state index is -1.99. The van der Waals surface area contributed by atoms with Gasteiger partial charge < -0.3 is 20.8 Å². The average Bonchev–Trinajstić information content (AvgIpc) is 2.86. The van der Waals surface area contributed by atoms with Crippen LogP contribution in [-0.4, -0.2) is 26.4 Å². The van der Waals surface area contributed by atoms with Gasteiger partial charge in [0.2, 0.25) is 0 Å². The molecule has 0 saturated carbocycles. The Morgan fingerprint density at radius 2 is 1.22 bits per heavy atom. The largest absolute Gasteiger partial charge is 0.478 e. The SMILES string of the molecule is Cc1ccccc1Nc1cc(C(=O)O)c(S(=O)c2ccccc2)c(Nc2ccccc2C)c1C(=O)O. The maximum atomic E-state index is 13.8. The summed E-state index contributed by atoms with van der Waals surface area (Å²) in [6.07, 6.45) is 0. The first-order valence-corrected chi connectivity index (χ1v) is 12.2. The van der Waals surface area contributed by atoms with Gasteiger partial charge in [0.1, 0.15) is 5.56 Å². The van der Waals surface area contributed by atoms with Gasteiger partial charge in [-0.1, -0.05) is 54.6 Å². The second-order valence-electron chi connectivity index (χ2n) is 8.12. The maximum Gasteiger partial charge on any atom is 0.339 e. The molecule has 1 atom stereocenters. The van der Waals surface area contributed by atoms with Gasteiger partial charge in [-0.05, 0) is 55.3 Å². The quantitative estimate of drug-likeness (QED) is 0.223. The molecule has 0 amide bonds. The fraction of sp³-hybridized carbons (Fsp3) is 0.0714. The van der Waals surface area contributed by atoms with E-state index in [1.165, 1.54) is 6.07 Å². The van der Waals surface area contributed by atoms with Crippen LogP contribution >= 0.6 is 0 Å². The zero-order valence-corrected chi connectivity index (χ0v) is 20.4. The molecule has 1 unspecified atom stereocenters. The van der Waals surface area contributed by atoms with Crippen LogP contribution in [0.2, 0.25) is 0 Å². The number of hydrogen-bond donors (Lipinski definition) is 4. The van der Waals surface area contributed by atoms with Crippen LogP contribution in [0.25, 0.3) is 0 Å². The Hall–Kier alpha value is -4.43. The summed E-state index contributed by atoms with van der Waals surface area (Å²) in [6.45, 7) is 3.69. The lowest BCUT2D eigenvalue weighted by Gasteiger charge is -2.22. The molecule has 0 fully saturated rings. The highest BCUT2D eigenvalue weighted by Crippen LogP contribution is 2.40. The Kier molecular flexibility index (Phi) is 7.17. The third kappa shape index (κ3) is 4.99. The van der Waals surface area contributed by atoms with E-state index < -0.39 is 22.7 Å². The van der Waals surface area contributed by atoms with E-state index in [9.17, 15) is 24.0 Å². The summed E-state index contributed by atoms with van der Waals surface area (Å²) in [5, 5.41) is 26.6. The Morgan fingerprint density at radius 3 is 1.75 bits per heavy atom. The lowest BCUT2D eigenvalue weighted by molar-refractivity contribution is 0.0679. The van der Waals surface area contributed by atoms with Crippen molar-refractivity contribution in [3.05, 3.63) is 107 Å². The summed E-state index contributed by atoms with van der Waals surface area (Å²) in [7, 11) is -1.99. The molecular weight excluding hydrogens is 476 g/mol. The van der Waals surface area contributed by atoms with E-state index in [0.717, 1.165) is 11.1 Å². The normalized spacial score (nSPS) is 11.5. The molecule has 8 heteroatoms. The predicted molar refractivity (Wildman–Crippen MR) is 140 cm³/mol. The summed E-state index contributed by atoms with van der Waals surface area (Å²) in [4.78, 5) is 25.3. The molecule has 0 heterocycles. The fourth-order valence-corrected chi connectivity index (χ4v) is 5.15. The third-order valence-electron chi connectivity index (χ3n) is 5.69. The Balaban J connectivity index is 2.05. The molecule has 0 saturated heterocycles. The van der Waals surface area contributed by atoms with Gasteiger partial charge in [-0.25, -0.2) is 13.8 Å². The summed E-state index contributed by atoms with van der Waals surface area (Å²) >= 11 is 0. The van der Waals surface area contributed by atoms with Crippen molar-refractivity contribution in [1.29, 1.82) is 0 Å². The molecule has 0 aromatic heterocycles. The molecule has 0 radical (unpaired) electrons. The monoisotopic (exact) mass is 500 g/mol. The van der Waals surface area contributed by atoms with Crippen LogP contribution in [0.4, 0.5) is 22.7 Å². The summed E-state index contributed by atoms with van der Waals surface area (Å²) < 4.78 is 13.8. The van der Waals surface area contributed by atoms with Crippen molar-refractivity contribution in [1.82, 2.24) is 0 Å². The predicted octanol–water partition coefficient (Wildman–Crippen LogP) is 6.35. The first-order chi connectivity index (χ1) is 17.3. The Morgan fingerprint density at radius 1 is 0.694 bits per heavy atom. The van der Waals surface area contributed by atoms with Gasteiger partial charge in [-0.3, -0.25) is 0 Å². The van der Waals surface area contributed by atoms with Crippen LogP contribution in [0.3, 0.4) is 0 Å². The van der Waals surface area contributed by atoms with Crippen LogP contribution in [0.15, 0.2) is 94.7 Å². The second-order valence-corrected chi connectivity index (χ2v) is 9.54. The zero-order chi connectivity index (χ0) is 25.8. The van der Waals surface area contributed by atoms with Gasteiger partial charge in [0, 0.05) is 16.3 Å². The van der Waals surface area contributed by atoms with Crippen LogP contribution in [0.1, 0.15) is 31.8 Å². The van der Waals surface area contributed by atoms with E-state index in [4.69, 9.17) is 0 Å². The van der Waals surface area contributed by atoms with Crippen molar-refractivity contribution in [3.63, 3.8) is 0 Å². The molecule has 4 N–H and O–H groups in total. The van der Waals surface area contributed by atoms with E-state index >= 15 is 0 Å². The van der Waals surface area contributed by atoms with Gasteiger partial charge in [-0.15, -0.1) is 0 Å². The van der Waals surface area contributed by atoms with E-state index in [2.05, 4.69) is 10.6 Å². The first-order valence-electron chi connectivity index (χ1n) is 11.1. The summed E-state index contributed by atoms with van der Waals surface area (Å²) in [5.41, 5.74) is 2.37. The Labute approximate surface area is 210 Å². The Bertz CT molecular complexity index is 1490. The molecule has 0 bridgehead atoms. The molecule has 0 aliphatic heterocycles. The zero-order valence-electron chi connectivity index (χ0n) is 19.6. The lowest BCUT2D eigenvalue weighted by atomic mass is 10.0. The van der Waals surface area contributed by atoms with Crippen LogP contribution in [0, 0.1) is 13.8 Å². The topological polar surface area (TPSA) is 116 Å². The van der Waals surface area contributed by atoms with Crippen molar-refractivity contribution < 1.29 is 24.0 Å². The summed E-state index contributed by atoms with van der Waals surface area (Å²) in [5.74, 6) is -2.63. The molecule has 0 aliphatic rings. The molecule has 7 nitrogen and oxygen atoms in total. The molecular formula is C28H24N2O5S. The molecule has 0 spiro atoms. The van der Waals surface area contributed by atoms with E-state index in [1.807, 2.05) is 38.1 Å². The highest BCUT2D eigenvalue weighted by atomic mass is 32.2. The van der Waals surface area contributed by atoms with E-state index in [-0.39, 0.29) is 27.4 Å². The molecule has 36 heavy (non-hydrogen) atoms. The van der Waals surface area contributed by atoms with Gasteiger partial charge in [0.15, 0.2) is 0 Å². The number of benzene rings is 4. The minimum Gasteiger partial charge on any atom is -0.478 e. The number of hydrogen-bond acceptors (Lipinski definition) is 5. The minimum absolute atomic E-state index is 0.0463. The van der Waals surface area contributed by atoms with Gasteiger partial charge in [0.05, 0.1) is 32.6 Å².